The normalized spacial score (nSPS) is 25.0. The smallest absolute Gasteiger partial charge is 0.251 e. The molecule has 0 saturated heterocycles. The highest BCUT2D eigenvalue weighted by molar-refractivity contribution is 6.33. The van der Waals surface area contributed by atoms with E-state index >= 15 is 8.78 Å². The van der Waals surface area contributed by atoms with Crippen molar-refractivity contribution < 1.29 is 28.2 Å². The van der Waals surface area contributed by atoms with Crippen LogP contribution >= 0.6 is 11.6 Å². The Bertz CT molecular complexity index is 1220. The summed E-state index contributed by atoms with van der Waals surface area (Å²) >= 11 is 6.52. The SMILES string of the molecule is CNC[C@@]1(c2ccccc2)Cc2c(cc(F)c(Cl)c2C2=C(C(=O)NC)C=CC(C)(OCCO)C2F)O1. The van der Waals surface area contributed by atoms with Gasteiger partial charge in [0, 0.05) is 48.4 Å². The standard InChI is InChI=1S/C27H29ClF2N2O4/c1-26(35-12-11-33)10-9-17(25(34)32-3)22(24(26)30)21-18-14-27(15-31-2,16-7-5-4-6-8-16)36-20(18)13-19(29)23(21)28/h4-10,13,24,31,33H,11-12,14-15H2,1-3H3,(H,32,34)/t24?,26?,27-/m1/s1. The van der Waals surface area contributed by atoms with Gasteiger partial charge in [0.2, 0.25) is 0 Å². The largest absolute Gasteiger partial charge is 0.480 e. The van der Waals surface area contributed by atoms with E-state index < -0.39 is 29.1 Å². The van der Waals surface area contributed by atoms with Crippen molar-refractivity contribution in [1.82, 2.24) is 10.6 Å². The lowest BCUT2D eigenvalue weighted by Gasteiger charge is -2.36. The van der Waals surface area contributed by atoms with Gasteiger partial charge in [-0.3, -0.25) is 4.79 Å². The Morgan fingerprint density at radius 2 is 2.03 bits per heavy atom. The van der Waals surface area contributed by atoms with E-state index in [0.29, 0.717) is 12.1 Å². The first-order valence-electron chi connectivity index (χ1n) is 11.7. The molecule has 0 bridgehead atoms. The molecular formula is C27H29ClF2N2O4. The van der Waals surface area contributed by atoms with Crippen LogP contribution in [0.2, 0.25) is 5.02 Å². The van der Waals surface area contributed by atoms with Gasteiger partial charge in [0.1, 0.15) is 17.2 Å². The van der Waals surface area contributed by atoms with Crippen LogP contribution in [0.4, 0.5) is 8.78 Å². The zero-order valence-corrected chi connectivity index (χ0v) is 21.1. The Hall–Kier alpha value is -2.78. The van der Waals surface area contributed by atoms with Crippen LogP contribution in [0.15, 0.2) is 54.1 Å². The van der Waals surface area contributed by atoms with Gasteiger partial charge in [0.25, 0.3) is 5.91 Å². The number of alkyl halides is 1. The average Bonchev–Trinajstić information content (AvgIpc) is 3.24. The third-order valence-electron chi connectivity index (χ3n) is 6.69. The summed E-state index contributed by atoms with van der Waals surface area (Å²) in [5.74, 6) is -1.11. The second-order valence-corrected chi connectivity index (χ2v) is 9.43. The zero-order valence-electron chi connectivity index (χ0n) is 20.3. The fraction of sp³-hybridized carbons (Fsp3) is 0.370. The predicted octanol–water partition coefficient (Wildman–Crippen LogP) is 3.70. The molecule has 1 aliphatic heterocycles. The van der Waals surface area contributed by atoms with Gasteiger partial charge in [0.15, 0.2) is 11.8 Å². The quantitative estimate of drug-likeness (QED) is 0.496. The first kappa shape index (κ1) is 26.3. The molecule has 9 heteroatoms. The number of amides is 1. The molecule has 0 aromatic heterocycles. The number of halogens is 3. The lowest BCUT2D eigenvalue weighted by molar-refractivity contribution is -0.116. The molecule has 36 heavy (non-hydrogen) atoms. The minimum absolute atomic E-state index is 0.00982. The van der Waals surface area contributed by atoms with E-state index in [4.69, 9.17) is 21.1 Å². The van der Waals surface area contributed by atoms with Crippen molar-refractivity contribution in [2.45, 2.75) is 30.7 Å². The Kier molecular flexibility index (Phi) is 7.52. The van der Waals surface area contributed by atoms with Gasteiger partial charge in [0.05, 0.1) is 18.2 Å². The van der Waals surface area contributed by atoms with Crippen molar-refractivity contribution in [2.75, 3.05) is 33.9 Å². The molecule has 0 fully saturated rings. The van der Waals surface area contributed by atoms with E-state index in [-0.39, 0.29) is 47.1 Å². The van der Waals surface area contributed by atoms with E-state index in [0.717, 1.165) is 5.56 Å². The minimum atomic E-state index is -1.89. The molecule has 1 heterocycles. The van der Waals surface area contributed by atoms with Gasteiger partial charge in [-0.2, -0.15) is 0 Å². The van der Waals surface area contributed by atoms with Gasteiger partial charge >= 0.3 is 0 Å². The van der Waals surface area contributed by atoms with Crippen LogP contribution in [0.5, 0.6) is 5.75 Å². The van der Waals surface area contributed by atoms with Gasteiger partial charge < -0.3 is 25.2 Å². The highest BCUT2D eigenvalue weighted by Crippen LogP contribution is 2.50. The van der Waals surface area contributed by atoms with Gasteiger partial charge in [-0.25, -0.2) is 8.78 Å². The average molecular weight is 519 g/mol. The number of hydrogen-bond acceptors (Lipinski definition) is 5. The number of ether oxygens (including phenoxy) is 2. The summed E-state index contributed by atoms with van der Waals surface area (Å²) in [4.78, 5) is 12.8. The van der Waals surface area contributed by atoms with Crippen LogP contribution in [-0.4, -0.2) is 56.6 Å². The Morgan fingerprint density at radius 1 is 1.31 bits per heavy atom. The molecule has 0 saturated carbocycles. The number of rotatable bonds is 8. The molecule has 3 atom stereocenters. The van der Waals surface area contributed by atoms with Crippen LogP contribution in [-0.2, 0) is 21.6 Å². The second kappa shape index (κ2) is 10.3. The lowest BCUT2D eigenvalue weighted by atomic mass is 9.78. The maximum absolute atomic E-state index is 16.4. The molecule has 2 aromatic rings. The summed E-state index contributed by atoms with van der Waals surface area (Å²) in [6.45, 7) is 1.46. The number of fused-ring (bicyclic) bond motifs is 1. The van der Waals surface area contributed by atoms with Crippen LogP contribution in [0.3, 0.4) is 0 Å². The summed E-state index contributed by atoms with van der Waals surface area (Å²) < 4.78 is 43.6. The molecule has 1 aliphatic carbocycles. The molecule has 192 valence electrons. The predicted molar refractivity (Wildman–Crippen MR) is 134 cm³/mol. The molecule has 1 amide bonds. The maximum atomic E-state index is 16.4. The van der Waals surface area contributed by atoms with E-state index in [9.17, 15) is 9.90 Å². The molecule has 0 spiro atoms. The fourth-order valence-electron chi connectivity index (χ4n) is 4.94. The number of aliphatic hydroxyl groups excluding tert-OH is 1. The monoisotopic (exact) mass is 518 g/mol. The topological polar surface area (TPSA) is 79.8 Å². The number of carbonyl (C=O) groups excluding carboxylic acids is 1. The van der Waals surface area contributed by atoms with Crippen LogP contribution < -0.4 is 15.4 Å². The number of benzene rings is 2. The van der Waals surface area contributed by atoms with Crippen LogP contribution in [0.1, 0.15) is 23.6 Å². The lowest BCUT2D eigenvalue weighted by Crippen LogP contribution is -2.43. The number of hydrogen-bond donors (Lipinski definition) is 3. The number of aliphatic hydroxyl groups is 1. The molecule has 2 aromatic carbocycles. The molecular weight excluding hydrogens is 490 g/mol. The molecule has 3 N–H and O–H groups in total. The maximum Gasteiger partial charge on any atom is 0.251 e. The van der Waals surface area contributed by atoms with Crippen molar-refractivity contribution in [3.63, 3.8) is 0 Å². The summed E-state index contributed by atoms with van der Waals surface area (Å²) in [6, 6.07) is 10.7. The molecule has 6 nitrogen and oxygen atoms in total. The summed E-state index contributed by atoms with van der Waals surface area (Å²) in [5.41, 5.74) is -1.06. The highest BCUT2D eigenvalue weighted by Gasteiger charge is 2.47. The first-order chi connectivity index (χ1) is 17.2. The zero-order chi connectivity index (χ0) is 26.1. The summed E-state index contributed by atoms with van der Waals surface area (Å²) in [7, 11) is 3.21. The van der Waals surface area contributed by atoms with E-state index in [1.807, 2.05) is 30.3 Å². The first-order valence-corrected chi connectivity index (χ1v) is 12.0. The van der Waals surface area contributed by atoms with Crippen molar-refractivity contribution in [1.29, 1.82) is 0 Å². The third kappa shape index (κ3) is 4.43. The van der Waals surface area contributed by atoms with Gasteiger partial charge in [-0.1, -0.05) is 48.0 Å². The molecule has 2 unspecified atom stereocenters. The summed E-state index contributed by atoms with van der Waals surface area (Å²) in [5, 5.41) is 14.6. The van der Waals surface area contributed by atoms with E-state index in [1.54, 1.807) is 7.05 Å². The van der Waals surface area contributed by atoms with E-state index in [2.05, 4.69) is 10.6 Å². The highest BCUT2D eigenvalue weighted by atomic mass is 35.5. The Balaban J connectivity index is 1.94. The second-order valence-electron chi connectivity index (χ2n) is 9.05. The van der Waals surface area contributed by atoms with E-state index in [1.165, 1.54) is 32.2 Å². The van der Waals surface area contributed by atoms with Crippen molar-refractivity contribution in [2.24, 2.45) is 0 Å². The van der Waals surface area contributed by atoms with Gasteiger partial charge in [-0.05, 0) is 25.6 Å². The fourth-order valence-corrected chi connectivity index (χ4v) is 5.21. The molecule has 4 rings (SSSR count). The van der Waals surface area contributed by atoms with Crippen LogP contribution in [0.25, 0.3) is 5.57 Å². The van der Waals surface area contributed by atoms with Crippen molar-refractivity contribution in [3.8, 4) is 5.75 Å². The number of likely N-dealkylation sites (N-methyl/N-ethyl adjacent to an activating group) is 2. The van der Waals surface area contributed by atoms with Gasteiger partial charge in [-0.15, -0.1) is 0 Å². The summed E-state index contributed by atoms with van der Waals surface area (Å²) in [6.07, 6.45) is 1.25. The third-order valence-corrected chi connectivity index (χ3v) is 7.06. The minimum Gasteiger partial charge on any atom is -0.480 e. The molecule has 2 aliphatic rings. The molecule has 0 radical (unpaired) electrons. The Morgan fingerprint density at radius 3 is 2.67 bits per heavy atom. The van der Waals surface area contributed by atoms with Crippen LogP contribution in [0, 0.1) is 5.82 Å². The Labute approximate surface area is 213 Å². The number of nitrogens with one attached hydrogen (secondary N) is 2. The number of carbonyl (C=O) groups is 1. The van der Waals surface area contributed by atoms with Crippen molar-refractivity contribution >= 4 is 23.1 Å². The van der Waals surface area contributed by atoms with Crippen molar-refractivity contribution in [3.05, 3.63) is 81.7 Å².